The van der Waals surface area contributed by atoms with Gasteiger partial charge in [-0.15, -0.1) is 0 Å². The summed E-state index contributed by atoms with van der Waals surface area (Å²) in [7, 11) is 0. The normalized spacial score (nSPS) is 14.1. The monoisotopic (exact) mass is 220 g/mol. The van der Waals surface area contributed by atoms with Gasteiger partial charge in [-0.25, -0.2) is 4.79 Å². The van der Waals surface area contributed by atoms with Crippen molar-refractivity contribution in [3.63, 3.8) is 0 Å². The van der Waals surface area contributed by atoms with Crippen LogP contribution in [0.1, 0.15) is 6.92 Å². The van der Waals surface area contributed by atoms with Crippen molar-refractivity contribution >= 4 is 11.9 Å². The fraction of sp³-hybridized carbons (Fsp3) is 0.750. The molecule has 2 unspecified atom stereocenters. The second kappa shape index (κ2) is 7.16. The number of hydrogen-bond donors (Lipinski definition) is 4. The van der Waals surface area contributed by atoms with E-state index in [2.05, 4.69) is 10.1 Å². The molecule has 0 aromatic carbocycles. The predicted octanol–water partition coefficient (Wildman–Crippen LogP) is -2.65. The Bertz CT molecular complexity index is 221. The molecule has 0 aliphatic rings. The first-order chi connectivity index (χ1) is 7.06. The van der Waals surface area contributed by atoms with Gasteiger partial charge in [-0.1, -0.05) is 0 Å². The summed E-state index contributed by atoms with van der Waals surface area (Å²) in [5.74, 6) is -1.46. The highest BCUT2D eigenvalue weighted by molar-refractivity contribution is 5.87. The summed E-state index contributed by atoms with van der Waals surface area (Å²) >= 11 is 0. The van der Waals surface area contributed by atoms with Gasteiger partial charge in [-0.2, -0.15) is 0 Å². The molecule has 2 atom stereocenters. The minimum atomic E-state index is -1.14. The van der Waals surface area contributed by atoms with E-state index in [-0.39, 0.29) is 6.61 Å². The Morgan fingerprint density at radius 2 is 2.00 bits per heavy atom. The maximum Gasteiger partial charge on any atom is 0.331 e. The lowest BCUT2D eigenvalue weighted by Crippen LogP contribution is -2.51. The molecule has 15 heavy (non-hydrogen) atoms. The van der Waals surface area contributed by atoms with Crippen molar-refractivity contribution in [3.8, 4) is 0 Å². The Labute approximate surface area is 87.2 Å². The average Bonchev–Trinajstić information content (AvgIpc) is 2.24. The lowest BCUT2D eigenvalue weighted by molar-refractivity contribution is -0.148. The van der Waals surface area contributed by atoms with Crippen LogP contribution in [0.3, 0.4) is 0 Å². The van der Waals surface area contributed by atoms with Crippen LogP contribution in [0.25, 0.3) is 0 Å². The van der Waals surface area contributed by atoms with Crippen LogP contribution in [0.4, 0.5) is 0 Å². The molecule has 0 saturated heterocycles. The number of aliphatic hydroxyl groups is 2. The van der Waals surface area contributed by atoms with E-state index in [0.717, 1.165) is 0 Å². The Morgan fingerprint density at radius 1 is 1.40 bits per heavy atom. The molecule has 0 aromatic rings. The number of esters is 1. The first-order valence-electron chi connectivity index (χ1n) is 4.51. The Morgan fingerprint density at radius 3 is 2.40 bits per heavy atom. The Kier molecular flexibility index (Phi) is 6.59. The molecule has 0 radical (unpaired) electrons. The van der Waals surface area contributed by atoms with Crippen LogP contribution in [0, 0.1) is 0 Å². The number of carbonyl (C=O) groups excluding carboxylic acids is 2. The number of aliphatic hydroxyl groups excluding tert-OH is 2. The molecule has 0 aliphatic heterocycles. The lowest BCUT2D eigenvalue weighted by atomic mass is 10.2. The number of hydrogen-bond acceptors (Lipinski definition) is 6. The van der Waals surface area contributed by atoms with Crippen molar-refractivity contribution in [3.05, 3.63) is 0 Å². The van der Waals surface area contributed by atoms with Crippen molar-refractivity contribution in [2.24, 2.45) is 5.73 Å². The summed E-state index contributed by atoms with van der Waals surface area (Å²) in [4.78, 5) is 22.3. The smallest absolute Gasteiger partial charge is 0.331 e. The molecule has 0 rings (SSSR count). The first-order valence-corrected chi connectivity index (χ1v) is 4.51. The van der Waals surface area contributed by atoms with Crippen LogP contribution in [0.2, 0.25) is 0 Å². The molecular weight excluding hydrogens is 204 g/mol. The average molecular weight is 220 g/mol. The van der Waals surface area contributed by atoms with E-state index < -0.39 is 37.2 Å². The van der Waals surface area contributed by atoms with Gasteiger partial charge in [0, 0.05) is 0 Å². The zero-order valence-corrected chi connectivity index (χ0v) is 8.47. The van der Waals surface area contributed by atoms with Crippen LogP contribution in [0.15, 0.2) is 0 Å². The third-order valence-electron chi connectivity index (χ3n) is 1.60. The van der Waals surface area contributed by atoms with Crippen molar-refractivity contribution in [1.29, 1.82) is 0 Å². The summed E-state index contributed by atoms with van der Waals surface area (Å²) in [5, 5.41) is 19.5. The highest BCUT2D eigenvalue weighted by atomic mass is 16.5. The zero-order valence-electron chi connectivity index (χ0n) is 8.47. The van der Waals surface area contributed by atoms with E-state index in [1.165, 1.54) is 0 Å². The zero-order chi connectivity index (χ0) is 11.8. The minimum Gasteiger partial charge on any atom is -0.464 e. The highest BCUT2D eigenvalue weighted by Gasteiger charge is 2.23. The van der Waals surface area contributed by atoms with E-state index in [1.54, 1.807) is 6.92 Å². The van der Waals surface area contributed by atoms with Crippen molar-refractivity contribution < 1.29 is 24.5 Å². The molecule has 0 spiro atoms. The molecule has 1 amide bonds. The van der Waals surface area contributed by atoms with Gasteiger partial charge in [-0.3, -0.25) is 4.79 Å². The second-order valence-electron chi connectivity index (χ2n) is 2.78. The van der Waals surface area contributed by atoms with Crippen molar-refractivity contribution in [2.45, 2.75) is 19.0 Å². The molecule has 5 N–H and O–H groups in total. The van der Waals surface area contributed by atoms with E-state index in [9.17, 15) is 9.59 Å². The van der Waals surface area contributed by atoms with Crippen LogP contribution in [-0.2, 0) is 14.3 Å². The first kappa shape index (κ1) is 13.8. The standard InChI is InChI=1S/C8H16N2O5/c1-2-15-8(14)6(4-12)10-7(13)5(9)3-11/h5-6,11-12H,2-4,9H2,1H3,(H,10,13). The fourth-order valence-corrected chi connectivity index (χ4v) is 0.784. The van der Waals surface area contributed by atoms with Crippen LogP contribution in [-0.4, -0.2) is 54.0 Å². The second-order valence-corrected chi connectivity index (χ2v) is 2.78. The van der Waals surface area contributed by atoms with Gasteiger partial charge in [0.25, 0.3) is 0 Å². The number of carbonyl (C=O) groups is 2. The molecule has 0 saturated carbocycles. The van der Waals surface area contributed by atoms with E-state index in [4.69, 9.17) is 15.9 Å². The van der Waals surface area contributed by atoms with Crippen LogP contribution >= 0.6 is 0 Å². The third kappa shape index (κ3) is 4.73. The molecule has 0 aromatic heterocycles. The van der Waals surface area contributed by atoms with Gasteiger partial charge < -0.3 is 26.0 Å². The predicted molar refractivity (Wildman–Crippen MR) is 50.7 cm³/mol. The summed E-state index contributed by atoms with van der Waals surface area (Å²) < 4.78 is 4.59. The highest BCUT2D eigenvalue weighted by Crippen LogP contribution is 1.90. The molecule has 0 heterocycles. The van der Waals surface area contributed by atoms with Crippen LogP contribution < -0.4 is 11.1 Å². The van der Waals surface area contributed by atoms with Gasteiger partial charge in [0.05, 0.1) is 19.8 Å². The summed E-state index contributed by atoms with van der Waals surface area (Å²) in [6.45, 7) is 0.639. The molecule has 0 bridgehead atoms. The summed E-state index contributed by atoms with van der Waals surface area (Å²) in [6.07, 6.45) is 0. The van der Waals surface area contributed by atoms with Gasteiger partial charge in [0.15, 0.2) is 6.04 Å². The van der Waals surface area contributed by atoms with E-state index in [0.29, 0.717) is 0 Å². The lowest BCUT2D eigenvalue weighted by Gasteiger charge is -2.16. The number of nitrogens with two attached hydrogens (primary N) is 1. The molecule has 7 nitrogen and oxygen atoms in total. The molecule has 0 fully saturated rings. The third-order valence-corrected chi connectivity index (χ3v) is 1.60. The largest absolute Gasteiger partial charge is 0.464 e. The van der Waals surface area contributed by atoms with Crippen LogP contribution in [0.5, 0.6) is 0 Å². The molecule has 7 heteroatoms. The number of ether oxygens (including phenoxy) is 1. The molecular formula is C8H16N2O5. The summed E-state index contributed by atoms with van der Waals surface area (Å²) in [5.41, 5.74) is 5.20. The number of rotatable bonds is 6. The van der Waals surface area contributed by atoms with E-state index >= 15 is 0 Å². The Balaban J connectivity index is 4.20. The quantitative estimate of drug-likeness (QED) is 0.363. The fourth-order valence-electron chi connectivity index (χ4n) is 0.784. The van der Waals surface area contributed by atoms with Gasteiger partial charge in [-0.05, 0) is 6.92 Å². The maximum atomic E-state index is 11.1. The van der Waals surface area contributed by atoms with Crippen molar-refractivity contribution in [2.75, 3.05) is 19.8 Å². The number of amides is 1. The van der Waals surface area contributed by atoms with Gasteiger partial charge in [0.1, 0.15) is 6.04 Å². The summed E-state index contributed by atoms with van der Waals surface area (Å²) in [6, 6.07) is -2.26. The SMILES string of the molecule is CCOC(=O)C(CO)NC(=O)C(N)CO. The number of nitrogens with one attached hydrogen (secondary N) is 1. The molecule has 88 valence electrons. The minimum absolute atomic E-state index is 0.150. The maximum absolute atomic E-state index is 11.1. The van der Waals surface area contributed by atoms with Crippen molar-refractivity contribution in [1.82, 2.24) is 5.32 Å². The van der Waals surface area contributed by atoms with Gasteiger partial charge in [0.2, 0.25) is 5.91 Å². The molecule has 0 aliphatic carbocycles. The topological polar surface area (TPSA) is 122 Å². The van der Waals surface area contributed by atoms with E-state index in [1.807, 2.05) is 0 Å². The Hall–Kier alpha value is -1.18. The van der Waals surface area contributed by atoms with Gasteiger partial charge >= 0.3 is 5.97 Å².